The summed E-state index contributed by atoms with van der Waals surface area (Å²) >= 11 is 0. The lowest BCUT2D eigenvalue weighted by molar-refractivity contribution is 0.0818. The third-order valence-electron chi connectivity index (χ3n) is 4.96. The molecule has 22 heavy (non-hydrogen) atoms. The Hall–Kier alpha value is -2.32. The second-order valence-corrected chi connectivity index (χ2v) is 6.13. The van der Waals surface area contributed by atoms with Gasteiger partial charge in [0.2, 0.25) is 0 Å². The van der Waals surface area contributed by atoms with Crippen LogP contribution in [-0.4, -0.2) is 9.67 Å². The van der Waals surface area contributed by atoms with E-state index in [0.717, 1.165) is 11.2 Å². The van der Waals surface area contributed by atoms with Crippen molar-refractivity contribution in [2.45, 2.75) is 17.9 Å². The number of hydrogen-bond acceptors (Lipinski definition) is 1. The van der Waals surface area contributed by atoms with E-state index in [1.807, 2.05) is 19.2 Å². The van der Waals surface area contributed by atoms with Crippen molar-refractivity contribution in [2.24, 2.45) is 7.05 Å². The molecule has 0 radical (unpaired) electrons. The SMILES string of the molecule is C=C[C@@]1(O)C[C@H](c2ccccc2)c2c1n(C)c1ccccc21. The van der Waals surface area contributed by atoms with E-state index in [1.165, 1.54) is 16.5 Å². The monoisotopic (exact) mass is 289 g/mol. The van der Waals surface area contributed by atoms with Gasteiger partial charge in [-0.15, -0.1) is 0 Å². The quantitative estimate of drug-likeness (QED) is 0.706. The first-order valence-electron chi connectivity index (χ1n) is 7.64. The molecular weight excluding hydrogens is 270 g/mol. The average molecular weight is 289 g/mol. The molecule has 4 rings (SSSR count). The largest absolute Gasteiger partial charge is 0.379 e. The molecule has 0 amide bonds. The maximum absolute atomic E-state index is 11.1. The standard InChI is InChI=1S/C20H19NO/c1-3-20(22)13-16(14-9-5-4-6-10-14)18-15-11-7-8-12-17(15)21(2)19(18)20/h3-12,16,22H,1,13H2,2H3/t16-,20-/m1/s1. The number of hydrogen-bond donors (Lipinski definition) is 1. The normalized spacial score (nSPS) is 23.6. The molecule has 1 aromatic heterocycles. The summed E-state index contributed by atoms with van der Waals surface area (Å²) in [5.41, 5.74) is 3.67. The zero-order chi connectivity index (χ0) is 15.3. The van der Waals surface area contributed by atoms with Crippen LogP contribution >= 0.6 is 0 Å². The van der Waals surface area contributed by atoms with Gasteiger partial charge in [0.1, 0.15) is 5.60 Å². The fourth-order valence-corrected chi connectivity index (χ4v) is 3.96. The molecule has 0 aliphatic heterocycles. The predicted molar refractivity (Wildman–Crippen MR) is 89.9 cm³/mol. The van der Waals surface area contributed by atoms with Gasteiger partial charge in [-0.25, -0.2) is 0 Å². The van der Waals surface area contributed by atoms with Gasteiger partial charge in [0.15, 0.2) is 0 Å². The van der Waals surface area contributed by atoms with E-state index in [0.29, 0.717) is 6.42 Å². The maximum Gasteiger partial charge on any atom is 0.124 e. The summed E-state index contributed by atoms with van der Waals surface area (Å²) in [4.78, 5) is 0. The van der Waals surface area contributed by atoms with Gasteiger partial charge in [-0.3, -0.25) is 0 Å². The van der Waals surface area contributed by atoms with Gasteiger partial charge >= 0.3 is 0 Å². The highest BCUT2D eigenvalue weighted by atomic mass is 16.3. The Bertz CT molecular complexity index is 862. The minimum atomic E-state index is -0.969. The molecular formula is C20H19NO. The molecule has 0 spiro atoms. The Balaban J connectivity index is 2.06. The third-order valence-corrected chi connectivity index (χ3v) is 4.96. The topological polar surface area (TPSA) is 25.2 Å². The van der Waals surface area contributed by atoms with Crippen LogP contribution in [0.3, 0.4) is 0 Å². The number of para-hydroxylation sites is 1. The van der Waals surface area contributed by atoms with Crippen molar-refractivity contribution < 1.29 is 5.11 Å². The van der Waals surface area contributed by atoms with Crippen molar-refractivity contribution in [3.05, 3.63) is 84.1 Å². The molecule has 0 bridgehead atoms. The van der Waals surface area contributed by atoms with E-state index < -0.39 is 5.60 Å². The van der Waals surface area contributed by atoms with Gasteiger partial charge in [-0.1, -0.05) is 61.2 Å². The van der Waals surface area contributed by atoms with E-state index in [2.05, 4.69) is 53.6 Å². The van der Waals surface area contributed by atoms with Gasteiger partial charge < -0.3 is 9.67 Å². The minimum absolute atomic E-state index is 0.199. The lowest BCUT2D eigenvalue weighted by Gasteiger charge is -2.21. The summed E-state index contributed by atoms with van der Waals surface area (Å²) in [7, 11) is 2.03. The Kier molecular flexibility index (Phi) is 2.78. The molecule has 1 N–H and O–H groups in total. The summed E-state index contributed by atoms with van der Waals surface area (Å²) in [5, 5.41) is 12.4. The Morgan fingerprint density at radius 2 is 1.82 bits per heavy atom. The molecule has 0 saturated carbocycles. The lowest BCUT2D eigenvalue weighted by atomic mass is 9.90. The fraction of sp³-hybridized carbons (Fsp3) is 0.200. The summed E-state index contributed by atoms with van der Waals surface area (Å²) < 4.78 is 2.12. The lowest BCUT2D eigenvalue weighted by Crippen LogP contribution is -2.22. The molecule has 1 heterocycles. The number of aryl methyl sites for hydroxylation is 1. The van der Waals surface area contributed by atoms with E-state index in [9.17, 15) is 5.11 Å². The second-order valence-electron chi connectivity index (χ2n) is 6.13. The van der Waals surface area contributed by atoms with Crippen LogP contribution in [0.25, 0.3) is 10.9 Å². The van der Waals surface area contributed by atoms with E-state index in [4.69, 9.17) is 0 Å². The van der Waals surface area contributed by atoms with Crippen molar-refractivity contribution in [3.8, 4) is 0 Å². The van der Waals surface area contributed by atoms with Crippen molar-refractivity contribution in [1.29, 1.82) is 0 Å². The number of fused-ring (bicyclic) bond motifs is 3. The first kappa shape index (κ1) is 13.4. The Morgan fingerprint density at radius 1 is 1.14 bits per heavy atom. The zero-order valence-electron chi connectivity index (χ0n) is 12.7. The maximum atomic E-state index is 11.1. The van der Waals surface area contributed by atoms with E-state index in [1.54, 1.807) is 6.08 Å². The predicted octanol–water partition coefficient (Wildman–Crippen LogP) is 4.09. The highest BCUT2D eigenvalue weighted by molar-refractivity contribution is 5.88. The summed E-state index contributed by atoms with van der Waals surface area (Å²) in [6, 6.07) is 18.8. The number of rotatable bonds is 2. The molecule has 2 aromatic carbocycles. The molecule has 0 saturated heterocycles. The zero-order valence-corrected chi connectivity index (χ0v) is 12.7. The van der Waals surface area contributed by atoms with Crippen molar-refractivity contribution in [1.82, 2.24) is 4.57 Å². The summed E-state index contributed by atoms with van der Waals surface area (Å²) in [6.45, 7) is 3.89. The number of benzene rings is 2. The van der Waals surface area contributed by atoms with Crippen molar-refractivity contribution in [3.63, 3.8) is 0 Å². The van der Waals surface area contributed by atoms with Crippen LogP contribution in [0.15, 0.2) is 67.3 Å². The van der Waals surface area contributed by atoms with Gasteiger partial charge in [-0.05, 0) is 23.6 Å². The van der Waals surface area contributed by atoms with Crippen LogP contribution in [0.5, 0.6) is 0 Å². The Labute approximate surface area is 130 Å². The van der Waals surface area contributed by atoms with Gasteiger partial charge in [0.25, 0.3) is 0 Å². The minimum Gasteiger partial charge on any atom is -0.379 e. The number of aromatic nitrogens is 1. The van der Waals surface area contributed by atoms with E-state index in [-0.39, 0.29) is 5.92 Å². The molecule has 1 aliphatic rings. The molecule has 1 aliphatic carbocycles. The molecule has 0 fully saturated rings. The van der Waals surface area contributed by atoms with Crippen LogP contribution in [-0.2, 0) is 12.6 Å². The third kappa shape index (κ3) is 1.65. The van der Waals surface area contributed by atoms with Crippen molar-refractivity contribution >= 4 is 10.9 Å². The summed E-state index contributed by atoms with van der Waals surface area (Å²) in [6.07, 6.45) is 2.34. The van der Waals surface area contributed by atoms with Gasteiger partial charge in [0, 0.05) is 23.9 Å². The van der Waals surface area contributed by atoms with Crippen LogP contribution in [0.2, 0.25) is 0 Å². The highest BCUT2D eigenvalue weighted by Crippen LogP contribution is 2.51. The molecule has 0 unspecified atom stereocenters. The number of aliphatic hydroxyl groups is 1. The van der Waals surface area contributed by atoms with Gasteiger partial charge in [-0.2, -0.15) is 0 Å². The molecule has 2 nitrogen and oxygen atoms in total. The smallest absolute Gasteiger partial charge is 0.124 e. The molecule has 110 valence electrons. The summed E-state index contributed by atoms with van der Waals surface area (Å²) in [5.74, 6) is 0.199. The molecule has 3 aromatic rings. The highest BCUT2D eigenvalue weighted by Gasteiger charge is 2.44. The average Bonchev–Trinajstić information content (AvgIpc) is 3.04. The fourth-order valence-electron chi connectivity index (χ4n) is 3.96. The van der Waals surface area contributed by atoms with Gasteiger partial charge in [0.05, 0.1) is 5.69 Å². The van der Waals surface area contributed by atoms with Crippen LogP contribution in [0.1, 0.15) is 29.2 Å². The Morgan fingerprint density at radius 3 is 2.55 bits per heavy atom. The van der Waals surface area contributed by atoms with Crippen LogP contribution < -0.4 is 0 Å². The molecule has 2 heteroatoms. The first-order valence-corrected chi connectivity index (χ1v) is 7.64. The van der Waals surface area contributed by atoms with E-state index >= 15 is 0 Å². The second kappa shape index (κ2) is 4.59. The van der Waals surface area contributed by atoms with Crippen molar-refractivity contribution in [2.75, 3.05) is 0 Å². The number of nitrogens with zero attached hydrogens (tertiary/aromatic N) is 1. The first-order chi connectivity index (χ1) is 10.7. The molecule has 2 atom stereocenters. The van der Waals surface area contributed by atoms with Crippen LogP contribution in [0.4, 0.5) is 0 Å². The van der Waals surface area contributed by atoms with Crippen LogP contribution in [0, 0.1) is 0 Å².